The van der Waals surface area contributed by atoms with Crippen LogP contribution in [0.2, 0.25) is 0 Å². The average Bonchev–Trinajstić information content (AvgIpc) is 2.90. The smallest absolute Gasteiger partial charge is 0.264 e. The van der Waals surface area contributed by atoms with Crippen molar-refractivity contribution in [3.63, 3.8) is 0 Å². The molecule has 0 saturated carbocycles. The molecular formula is C13H11NO4S. The predicted molar refractivity (Wildman–Crippen MR) is 69.5 cm³/mol. The molecule has 0 atom stereocenters. The van der Waals surface area contributed by atoms with Gasteiger partial charge in [0.15, 0.2) is 0 Å². The van der Waals surface area contributed by atoms with Crippen LogP contribution in [0.4, 0.5) is 0 Å². The Bertz CT molecular complexity index is 673. The van der Waals surface area contributed by atoms with E-state index in [0.29, 0.717) is 5.76 Å². The number of hydrogen-bond donors (Lipinski definition) is 1. The summed E-state index contributed by atoms with van der Waals surface area (Å²) >= 11 is 0. The van der Waals surface area contributed by atoms with Gasteiger partial charge in [0.1, 0.15) is 5.76 Å². The monoisotopic (exact) mass is 277 g/mol. The maximum atomic E-state index is 11.8. The van der Waals surface area contributed by atoms with Crippen LogP contribution >= 0.6 is 0 Å². The van der Waals surface area contributed by atoms with E-state index in [2.05, 4.69) is 0 Å². The fourth-order valence-electron chi connectivity index (χ4n) is 1.37. The van der Waals surface area contributed by atoms with Crippen molar-refractivity contribution >= 4 is 22.0 Å². The molecule has 5 nitrogen and oxygen atoms in total. The topological polar surface area (TPSA) is 76.4 Å². The average molecular weight is 277 g/mol. The fourth-order valence-corrected chi connectivity index (χ4v) is 2.34. The molecule has 98 valence electrons. The van der Waals surface area contributed by atoms with Crippen molar-refractivity contribution in [2.24, 2.45) is 0 Å². The molecule has 0 unspecified atom stereocenters. The SMILES string of the molecule is O=C(C=Cc1ccco1)NS(=O)(=O)c1ccccc1. The van der Waals surface area contributed by atoms with Crippen molar-refractivity contribution in [2.75, 3.05) is 0 Å². The highest BCUT2D eigenvalue weighted by molar-refractivity contribution is 7.90. The fraction of sp³-hybridized carbons (Fsp3) is 0. The minimum atomic E-state index is -3.83. The molecule has 0 aliphatic carbocycles. The summed E-state index contributed by atoms with van der Waals surface area (Å²) in [7, 11) is -3.83. The molecule has 0 radical (unpaired) electrons. The third-order valence-electron chi connectivity index (χ3n) is 2.23. The van der Waals surface area contributed by atoms with E-state index >= 15 is 0 Å². The lowest BCUT2D eigenvalue weighted by Crippen LogP contribution is -2.28. The maximum absolute atomic E-state index is 11.8. The van der Waals surface area contributed by atoms with Gasteiger partial charge in [-0.05, 0) is 30.3 Å². The van der Waals surface area contributed by atoms with Crippen molar-refractivity contribution < 1.29 is 17.6 Å². The molecule has 0 aliphatic rings. The van der Waals surface area contributed by atoms with Crippen LogP contribution in [0.1, 0.15) is 5.76 Å². The highest BCUT2D eigenvalue weighted by Gasteiger charge is 2.15. The first-order chi connectivity index (χ1) is 9.08. The van der Waals surface area contributed by atoms with E-state index in [1.54, 1.807) is 30.3 Å². The van der Waals surface area contributed by atoms with Crippen molar-refractivity contribution in [3.8, 4) is 0 Å². The minimum absolute atomic E-state index is 0.0368. The number of furan rings is 1. The second-order valence-corrected chi connectivity index (χ2v) is 5.31. The number of rotatable bonds is 4. The van der Waals surface area contributed by atoms with Crippen LogP contribution in [-0.2, 0) is 14.8 Å². The lowest BCUT2D eigenvalue weighted by atomic mass is 10.4. The minimum Gasteiger partial charge on any atom is -0.465 e. The van der Waals surface area contributed by atoms with Gasteiger partial charge >= 0.3 is 0 Å². The molecule has 0 saturated heterocycles. The van der Waals surface area contributed by atoms with Gasteiger partial charge < -0.3 is 4.42 Å². The summed E-state index contributed by atoms with van der Waals surface area (Å²) < 4.78 is 30.6. The van der Waals surface area contributed by atoms with E-state index in [0.717, 1.165) is 6.08 Å². The molecule has 0 fully saturated rings. The second kappa shape index (κ2) is 5.53. The van der Waals surface area contributed by atoms with Gasteiger partial charge in [0, 0.05) is 6.08 Å². The zero-order chi connectivity index (χ0) is 13.7. The Labute approximate surface area is 110 Å². The highest BCUT2D eigenvalue weighted by atomic mass is 32.2. The largest absolute Gasteiger partial charge is 0.465 e. The number of amides is 1. The number of benzene rings is 1. The number of hydrogen-bond acceptors (Lipinski definition) is 4. The molecule has 1 aromatic heterocycles. The summed E-state index contributed by atoms with van der Waals surface area (Å²) in [5.74, 6) is -0.271. The highest BCUT2D eigenvalue weighted by Crippen LogP contribution is 2.07. The quantitative estimate of drug-likeness (QED) is 0.864. The molecule has 0 aliphatic heterocycles. The Morgan fingerprint density at radius 3 is 2.47 bits per heavy atom. The summed E-state index contributed by atoms with van der Waals surface area (Å²) in [5.41, 5.74) is 0. The first kappa shape index (κ1) is 13.1. The summed E-state index contributed by atoms with van der Waals surface area (Å²) in [4.78, 5) is 11.5. The predicted octanol–water partition coefficient (Wildman–Crippen LogP) is 1.80. The molecule has 0 bridgehead atoms. The van der Waals surface area contributed by atoms with E-state index in [-0.39, 0.29) is 4.90 Å². The first-order valence-corrected chi connectivity index (χ1v) is 6.90. The van der Waals surface area contributed by atoms with Gasteiger partial charge in [-0.15, -0.1) is 0 Å². The van der Waals surface area contributed by atoms with Gasteiger partial charge in [0.05, 0.1) is 11.2 Å². The molecule has 0 spiro atoms. The molecule has 2 rings (SSSR count). The maximum Gasteiger partial charge on any atom is 0.264 e. The van der Waals surface area contributed by atoms with Gasteiger partial charge in [0.2, 0.25) is 0 Å². The van der Waals surface area contributed by atoms with Crippen LogP contribution in [0.5, 0.6) is 0 Å². The molecule has 1 aromatic carbocycles. The Morgan fingerprint density at radius 1 is 1.11 bits per heavy atom. The number of carbonyl (C=O) groups is 1. The van der Waals surface area contributed by atoms with Gasteiger partial charge in [-0.25, -0.2) is 13.1 Å². The zero-order valence-corrected chi connectivity index (χ0v) is 10.6. The third kappa shape index (κ3) is 3.56. The summed E-state index contributed by atoms with van der Waals surface area (Å²) in [6.45, 7) is 0. The van der Waals surface area contributed by atoms with Crippen LogP contribution in [0, 0.1) is 0 Å². The number of carbonyl (C=O) groups excluding carboxylic acids is 1. The van der Waals surface area contributed by atoms with Gasteiger partial charge in [0.25, 0.3) is 15.9 Å². The Balaban J connectivity index is 2.07. The normalized spacial score (nSPS) is 11.6. The number of nitrogens with one attached hydrogen (secondary N) is 1. The van der Waals surface area contributed by atoms with Crippen LogP contribution in [0.3, 0.4) is 0 Å². The molecule has 1 amide bonds. The Kier molecular flexibility index (Phi) is 3.82. The molecule has 6 heteroatoms. The summed E-state index contributed by atoms with van der Waals surface area (Å²) in [6, 6.07) is 11.0. The van der Waals surface area contributed by atoms with Crippen molar-refractivity contribution in [1.82, 2.24) is 4.72 Å². The van der Waals surface area contributed by atoms with Crippen LogP contribution in [-0.4, -0.2) is 14.3 Å². The molecule has 19 heavy (non-hydrogen) atoms. The second-order valence-electron chi connectivity index (χ2n) is 3.63. The van der Waals surface area contributed by atoms with Gasteiger partial charge in [-0.1, -0.05) is 18.2 Å². The van der Waals surface area contributed by atoms with Crippen molar-refractivity contribution in [2.45, 2.75) is 4.90 Å². The van der Waals surface area contributed by atoms with E-state index in [4.69, 9.17) is 4.42 Å². The van der Waals surface area contributed by atoms with Crippen LogP contribution in [0.15, 0.2) is 64.1 Å². The number of sulfonamides is 1. The van der Waals surface area contributed by atoms with E-state index in [1.165, 1.54) is 24.5 Å². The van der Waals surface area contributed by atoms with Crippen molar-refractivity contribution in [1.29, 1.82) is 0 Å². The van der Waals surface area contributed by atoms with Gasteiger partial charge in [-0.2, -0.15) is 0 Å². The lowest BCUT2D eigenvalue weighted by molar-refractivity contribution is -0.114. The van der Waals surface area contributed by atoms with Crippen LogP contribution < -0.4 is 4.72 Å². The standard InChI is InChI=1S/C13H11NO4S/c15-13(9-8-11-5-4-10-18-11)14-19(16,17)12-6-2-1-3-7-12/h1-10H,(H,14,15). The van der Waals surface area contributed by atoms with Crippen LogP contribution in [0.25, 0.3) is 6.08 Å². The third-order valence-corrected chi connectivity index (χ3v) is 3.59. The summed E-state index contributed by atoms with van der Waals surface area (Å²) in [6.07, 6.45) is 3.94. The van der Waals surface area contributed by atoms with E-state index < -0.39 is 15.9 Å². The van der Waals surface area contributed by atoms with Gasteiger partial charge in [-0.3, -0.25) is 4.79 Å². The lowest BCUT2D eigenvalue weighted by Gasteiger charge is -2.03. The Morgan fingerprint density at radius 2 is 1.84 bits per heavy atom. The van der Waals surface area contributed by atoms with Crippen molar-refractivity contribution in [3.05, 3.63) is 60.6 Å². The Hall–Kier alpha value is -2.34. The van der Waals surface area contributed by atoms with E-state index in [9.17, 15) is 13.2 Å². The molecule has 1 heterocycles. The molecule has 1 N–H and O–H groups in total. The molecule has 2 aromatic rings. The zero-order valence-electron chi connectivity index (χ0n) is 9.81. The molecular weight excluding hydrogens is 266 g/mol. The first-order valence-electron chi connectivity index (χ1n) is 5.41. The van der Waals surface area contributed by atoms with E-state index in [1.807, 2.05) is 4.72 Å². The summed E-state index contributed by atoms with van der Waals surface area (Å²) in [5, 5.41) is 0.